The van der Waals surface area contributed by atoms with Gasteiger partial charge in [0.1, 0.15) is 5.69 Å². The molecule has 18 heavy (non-hydrogen) atoms. The molecule has 1 aromatic heterocycles. The summed E-state index contributed by atoms with van der Waals surface area (Å²) < 4.78 is 11.2. The Morgan fingerprint density at radius 2 is 2.22 bits per heavy atom. The molecular weight excluding hydrogens is 349 g/mol. The van der Waals surface area contributed by atoms with Gasteiger partial charge in [-0.05, 0) is 34.7 Å². The molecule has 0 radical (unpaired) electrons. The number of methoxy groups -OCH3 is 1. The van der Waals surface area contributed by atoms with E-state index in [1.165, 1.54) is 7.11 Å². The van der Waals surface area contributed by atoms with E-state index < -0.39 is 5.97 Å². The van der Waals surface area contributed by atoms with Gasteiger partial charge in [0, 0.05) is 10.7 Å². The predicted octanol–water partition coefficient (Wildman–Crippen LogP) is 2.79. The molecule has 0 aliphatic carbocycles. The first-order chi connectivity index (χ1) is 8.63. The van der Waals surface area contributed by atoms with E-state index in [1.54, 1.807) is 0 Å². The molecule has 0 spiro atoms. The van der Waals surface area contributed by atoms with Gasteiger partial charge < -0.3 is 14.3 Å². The summed E-state index contributed by atoms with van der Waals surface area (Å²) in [5.41, 5.74) is 1.06. The number of halogens is 1. The third kappa shape index (κ3) is 2.54. The van der Waals surface area contributed by atoms with Crippen LogP contribution >= 0.6 is 22.6 Å². The minimum Gasteiger partial charge on any atom is -0.475 e. The van der Waals surface area contributed by atoms with Gasteiger partial charge in [0.15, 0.2) is 0 Å². The second-order valence-corrected chi connectivity index (χ2v) is 4.68. The summed E-state index contributed by atoms with van der Waals surface area (Å²) in [6, 6.07) is 7.47. The summed E-state index contributed by atoms with van der Waals surface area (Å²) in [7, 11) is 1.48. The standard InChI is InChI=1S/C12H10INO4/c1-17-6-9-10(12(15)16)18-11(14-9)7-4-2-3-5-8(7)13/h2-5H,6H2,1H3,(H,15,16). The molecule has 0 atom stereocenters. The zero-order valence-electron chi connectivity index (χ0n) is 9.51. The van der Waals surface area contributed by atoms with Crippen LogP contribution in [-0.4, -0.2) is 23.2 Å². The van der Waals surface area contributed by atoms with Gasteiger partial charge in [-0.1, -0.05) is 12.1 Å². The Bertz CT molecular complexity index is 579. The fourth-order valence-electron chi connectivity index (χ4n) is 1.50. The fourth-order valence-corrected chi connectivity index (χ4v) is 2.12. The molecule has 1 aromatic carbocycles. The Labute approximate surface area is 117 Å². The first kappa shape index (κ1) is 13.0. The summed E-state index contributed by atoms with van der Waals surface area (Å²) in [5, 5.41) is 9.03. The quantitative estimate of drug-likeness (QED) is 0.850. The van der Waals surface area contributed by atoms with Crippen molar-refractivity contribution < 1.29 is 19.1 Å². The average Bonchev–Trinajstić information content (AvgIpc) is 2.74. The number of hydrogen-bond acceptors (Lipinski definition) is 4. The molecule has 0 saturated heterocycles. The van der Waals surface area contributed by atoms with Crippen molar-refractivity contribution in [3.8, 4) is 11.5 Å². The van der Waals surface area contributed by atoms with E-state index >= 15 is 0 Å². The molecule has 0 saturated carbocycles. The lowest BCUT2D eigenvalue weighted by Crippen LogP contribution is -2.00. The van der Waals surface area contributed by atoms with Crippen molar-refractivity contribution in [2.45, 2.75) is 6.61 Å². The molecule has 0 unspecified atom stereocenters. The molecule has 0 amide bonds. The van der Waals surface area contributed by atoms with Crippen molar-refractivity contribution in [3.63, 3.8) is 0 Å². The fraction of sp³-hybridized carbons (Fsp3) is 0.167. The molecule has 5 nitrogen and oxygen atoms in total. The Morgan fingerprint density at radius 1 is 1.50 bits per heavy atom. The largest absolute Gasteiger partial charge is 0.475 e. The predicted molar refractivity (Wildman–Crippen MR) is 72.3 cm³/mol. The minimum atomic E-state index is -1.15. The lowest BCUT2D eigenvalue weighted by molar-refractivity contribution is 0.0656. The molecule has 0 bridgehead atoms. The van der Waals surface area contributed by atoms with Crippen LogP contribution in [0.1, 0.15) is 16.2 Å². The first-order valence-electron chi connectivity index (χ1n) is 5.10. The molecule has 0 fully saturated rings. The highest BCUT2D eigenvalue weighted by molar-refractivity contribution is 14.1. The van der Waals surface area contributed by atoms with Gasteiger partial charge in [0.25, 0.3) is 0 Å². The Balaban J connectivity index is 2.50. The number of nitrogens with zero attached hydrogens (tertiary/aromatic N) is 1. The minimum absolute atomic E-state index is 0.106. The van der Waals surface area contributed by atoms with Gasteiger partial charge >= 0.3 is 5.97 Å². The Hall–Kier alpha value is -1.41. The van der Waals surface area contributed by atoms with E-state index in [9.17, 15) is 4.79 Å². The number of oxazole rings is 1. The van der Waals surface area contributed by atoms with Crippen LogP contribution in [0.3, 0.4) is 0 Å². The van der Waals surface area contributed by atoms with Crippen LogP contribution in [0, 0.1) is 3.57 Å². The molecular formula is C12H10INO4. The molecule has 0 aliphatic heterocycles. The highest BCUT2D eigenvalue weighted by atomic mass is 127. The van der Waals surface area contributed by atoms with Crippen molar-refractivity contribution in [2.75, 3.05) is 7.11 Å². The SMILES string of the molecule is COCc1nc(-c2ccccc2I)oc1C(=O)O. The summed E-state index contributed by atoms with van der Waals surface area (Å²) in [6.07, 6.45) is 0. The first-order valence-corrected chi connectivity index (χ1v) is 6.18. The van der Waals surface area contributed by atoms with Crippen molar-refractivity contribution in [2.24, 2.45) is 0 Å². The van der Waals surface area contributed by atoms with E-state index in [4.69, 9.17) is 14.3 Å². The van der Waals surface area contributed by atoms with Crippen LogP contribution in [0.15, 0.2) is 28.7 Å². The lowest BCUT2D eigenvalue weighted by Gasteiger charge is -1.97. The number of ether oxygens (including phenoxy) is 1. The Morgan fingerprint density at radius 3 is 2.83 bits per heavy atom. The smallest absolute Gasteiger partial charge is 0.373 e. The highest BCUT2D eigenvalue weighted by Gasteiger charge is 2.20. The van der Waals surface area contributed by atoms with Crippen LogP contribution in [0.25, 0.3) is 11.5 Å². The molecule has 1 N–H and O–H groups in total. The summed E-state index contributed by atoms with van der Waals surface area (Å²) in [6.45, 7) is 0.106. The summed E-state index contributed by atoms with van der Waals surface area (Å²) >= 11 is 2.14. The molecule has 6 heteroatoms. The van der Waals surface area contributed by atoms with Crippen molar-refractivity contribution in [1.29, 1.82) is 0 Å². The van der Waals surface area contributed by atoms with Gasteiger partial charge in [-0.2, -0.15) is 0 Å². The number of rotatable bonds is 4. The summed E-state index contributed by atoms with van der Waals surface area (Å²) in [5.74, 6) is -1.03. The zero-order valence-corrected chi connectivity index (χ0v) is 11.7. The maximum atomic E-state index is 11.0. The maximum Gasteiger partial charge on any atom is 0.373 e. The van der Waals surface area contributed by atoms with Crippen molar-refractivity contribution >= 4 is 28.6 Å². The number of aromatic nitrogens is 1. The van der Waals surface area contributed by atoms with Crippen molar-refractivity contribution in [3.05, 3.63) is 39.3 Å². The molecule has 2 aromatic rings. The number of carboxylic acid groups (broad SMARTS) is 1. The van der Waals surface area contributed by atoms with Gasteiger partial charge in [0.2, 0.25) is 11.7 Å². The number of carboxylic acids is 1. The third-order valence-corrected chi connectivity index (χ3v) is 3.22. The summed E-state index contributed by atoms with van der Waals surface area (Å²) in [4.78, 5) is 15.2. The number of hydrogen-bond donors (Lipinski definition) is 1. The number of carbonyl (C=O) groups is 1. The second kappa shape index (κ2) is 5.49. The maximum absolute atomic E-state index is 11.0. The molecule has 0 aliphatic rings. The van der Waals surface area contributed by atoms with Gasteiger partial charge in [0.05, 0.1) is 12.2 Å². The average molecular weight is 359 g/mol. The van der Waals surface area contributed by atoms with Gasteiger partial charge in [-0.15, -0.1) is 0 Å². The van der Waals surface area contributed by atoms with Gasteiger partial charge in [-0.3, -0.25) is 0 Å². The highest BCUT2D eigenvalue weighted by Crippen LogP contribution is 2.26. The van der Waals surface area contributed by atoms with Crippen LogP contribution in [0.2, 0.25) is 0 Å². The molecule has 2 rings (SSSR count). The van der Waals surface area contributed by atoms with Crippen molar-refractivity contribution in [1.82, 2.24) is 4.98 Å². The zero-order chi connectivity index (χ0) is 13.1. The number of benzene rings is 1. The van der Waals surface area contributed by atoms with E-state index in [1.807, 2.05) is 24.3 Å². The lowest BCUT2D eigenvalue weighted by atomic mass is 10.2. The van der Waals surface area contributed by atoms with Crippen LogP contribution in [-0.2, 0) is 11.3 Å². The topological polar surface area (TPSA) is 72.6 Å². The third-order valence-electron chi connectivity index (χ3n) is 2.28. The van der Waals surface area contributed by atoms with Crippen LogP contribution in [0.5, 0.6) is 0 Å². The monoisotopic (exact) mass is 359 g/mol. The van der Waals surface area contributed by atoms with E-state index in [-0.39, 0.29) is 12.4 Å². The number of aromatic carboxylic acids is 1. The van der Waals surface area contributed by atoms with Gasteiger partial charge in [-0.25, -0.2) is 9.78 Å². The Kier molecular flexibility index (Phi) is 3.97. The second-order valence-electron chi connectivity index (χ2n) is 3.51. The van der Waals surface area contributed by atoms with E-state index in [2.05, 4.69) is 27.6 Å². The van der Waals surface area contributed by atoms with E-state index in [0.29, 0.717) is 11.6 Å². The molecule has 1 heterocycles. The molecule has 94 valence electrons. The van der Waals surface area contributed by atoms with E-state index in [0.717, 1.165) is 9.13 Å². The van der Waals surface area contributed by atoms with Crippen LogP contribution < -0.4 is 0 Å². The van der Waals surface area contributed by atoms with Crippen LogP contribution in [0.4, 0.5) is 0 Å². The normalized spacial score (nSPS) is 10.6.